The highest BCUT2D eigenvalue weighted by atomic mass is 16.1. The Labute approximate surface area is 178 Å². The number of unbranched alkanes of at least 4 members (excludes halogenated alkanes) is 1. The second kappa shape index (κ2) is 8.20. The second-order valence-electron chi connectivity index (χ2n) is 8.06. The zero-order valence-electron chi connectivity index (χ0n) is 17.6. The Morgan fingerprint density at radius 1 is 1.20 bits per heavy atom. The monoisotopic (exact) mass is 397 g/mol. The number of carbonyl (C=O) groups is 1. The van der Waals surface area contributed by atoms with Crippen LogP contribution >= 0.6 is 0 Å². The Morgan fingerprint density at radius 3 is 2.60 bits per heavy atom. The van der Waals surface area contributed by atoms with Crippen LogP contribution in [0.2, 0.25) is 0 Å². The number of nitriles is 1. The molecule has 0 radical (unpaired) electrons. The van der Waals surface area contributed by atoms with Crippen molar-refractivity contribution in [3.63, 3.8) is 0 Å². The summed E-state index contributed by atoms with van der Waals surface area (Å²) in [5.74, 6) is -0.394. The molecule has 0 bridgehead atoms. The summed E-state index contributed by atoms with van der Waals surface area (Å²) in [5, 5.41) is 9.17. The summed E-state index contributed by atoms with van der Waals surface area (Å²) in [6, 6.07) is 18.5. The quantitative estimate of drug-likeness (QED) is 0.612. The lowest BCUT2D eigenvalue weighted by Gasteiger charge is -2.21. The van der Waals surface area contributed by atoms with Gasteiger partial charge in [0.25, 0.3) is 5.91 Å². The Hall–Kier alpha value is -3.32. The Bertz CT molecular complexity index is 1130. The van der Waals surface area contributed by atoms with E-state index in [4.69, 9.17) is 11.0 Å². The van der Waals surface area contributed by atoms with Crippen LogP contribution in [0.1, 0.15) is 70.7 Å². The summed E-state index contributed by atoms with van der Waals surface area (Å²) in [5.41, 5.74) is 13.8. The molecule has 1 aliphatic carbocycles. The predicted octanol–water partition coefficient (Wildman–Crippen LogP) is 5.31. The van der Waals surface area contributed by atoms with E-state index in [2.05, 4.69) is 41.8 Å². The van der Waals surface area contributed by atoms with Crippen molar-refractivity contribution >= 4 is 5.91 Å². The number of nitrogens with two attached hydrogens (primary N) is 1. The highest BCUT2D eigenvalue weighted by Gasteiger charge is 2.31. The topological polar surface area (TPSA) is 71.8 Å². The zero-order chi connectivity index (χ0) is 21.3. The molecule has 30 heavy (non-hydrogen) atoms. The minimum atomic E-state index is -0.394. The molecule has 1 heterocycles. The third-order valence-electron chi connectivity index (χ3n) is 6.28. The second-order valence-corrected chi connectivity index (χ2v) is 8.06. The van der Waals surface area contributed by atoms with Crippen molar-refractivity contribution in [3.05, 3.63) is 82.2 Å². The third-order valence-corrected chi connectivity index (χ3v) is 6.28. The number of hydrogen-bond acceptors (Lipinski definition) is 2. The van der Waals surface area contributed by atoms with Gasteiger partial charge in [0, 0.05) is 17.0 Å². The molecule has 1 unspecified atom stereocenters. The number of aromatic nitrogens is 1. The average molecular weight is 398 g/mol. The summed E-state index contributed by atoms with van der Waals surface area (Å²) in [6.45, 7) is 4.20. The molecule has 1 aromatic heterocycles. The maximum absolute atomic E-state index is 12.6. The van der Waals surface area contributed by atoms with Crippen LogP contribution < -0.4 is 5.73 Å². The molecule has 0 saturated heterocycles. The van der Waals surface area contributed by atoms with Crippen LogP contribution in [-0.2, 0) is 12.8 Å². The van der Waals surface area contributed by atoms with E-state index in [1.165, 1.54) is 16.8 Å². The molecular weight excluding hydrogens is 370 g/mol. The van der Waals surface area contributed by atoms with Crippen molar-refractivity contribution in [2.24, 2.45) is 5.73 Å². The van der Waals surface area contributed by atoms with E-state index >= 15 is 0 Å². The molecule has 2 N–H and O–H groups in total. The predicted molar refractivity (Wildman–Crippen MR) is 119 cm³/mol. The standard InChI is InChI=1S/C26H27N3O/c1-3-4-9-23-25(20-12-10-18(16-27)11-13-20)24(26(28)30)17(2)29(23)22-15-14-19-7-5-6-8-21(19)22/h5-8,10-13,22H,3-4,9,14-15H2,1-2H3,(H2,28,30). The van der Waals surface area contributed by atoms with Crippen LogP contribution in [0.3, 0.4) is 0 Å². The largest absolute Gasteiger partial charge is 0.366 e. The molecule has 4 heteroatoms. The van der Waals surface area contributed by atoms with E-state index in [9.17, 15) is 4.79 Å². The summed E-state index contributed by atoms with van der Waals surface area (Å²) < 4.78 is 2.37. The number of rotatable bonds is 6. The van der Waals surface area contributed by atoms with Crippen molar-refractivity contribution in [1.82, 2.24) is 4.57 Å². The summed E-state index contributed by atoms with van der Waals surface area (Å²) in [7, 11) is 0. The van der Waals surface area contributed by atoms with Crippen LogP contribution in [0.25, 0.3) is 11.1 Å². The van der Waals surface area contributed by atoms with Crippen molar-refractivity contribution in [2.45, 2.75) is 52.0 Å². The van der Waals surface area contributed by atoms with E-state index in [-0.39, 0.29) is 6.04 Å². The van der Waals surface area contributed by atoms with Crippen LogP contribution in [0.4, 0.5) is 0 Å². The molecule has 4 nitrogen and oxygen atoms in total. The first kappa shape index (κ1) is 20.0. The highest BCUT2D eigenvalue weighted by Crippen LogP contribution is 2.42. The number of fused-ring (bicyclic) bond motifs is 1. The van der Waals surface area contributed by atoms with Gasteiger partial charge in [-0.05, 0) is 61.4 Å². The van der Waals surface area contributed by atoms with E-state index in [1.54, 1.807) is 12.1 Å². The van der Waals surface area contributed by atoms with Gasteiger partial charge in [-0.25, -0.2) is 0 Å². The lowest BCUT2D eigenvalue weighted by atomic mass is 9.96. The third kappa shape index (κ3) is 3.31. The van der Waals surface area contributed by atoms with Crippen LogP contribution in [0.15, 0.2) is 48.5 Å². The lowest BCUT2D eigenvalue weighted by molar-refractivity contribution is 0.1000. The Kier molecular flexibility index (Phi) is 5.46. The van der Waals surface area contributed by atoms with Gasteiger partial charge in [0.2, 0.25) is 0 Å². The number of benzene rings is 2. The molecule has 0 spiro atoms. The van der Waals surface area contributed by atoms with Crippen molar-refractivity contribution < 1.29 is 4.79 Å². The summed E-state index contributed by atoms with van der Waals surface area (Å²) in [6.07, 6.45) is 5.07. The molecule has 152 valence electrons. The number of hydrogen-bond donors (Lipinski definition) is 1. The molecule has 4 rings (SSSR count). The van der Waals surface area contributed by atoms with Crippen molar-refractivity contribution in [3.8, 4) is 17.2 Å². The smallest absolute Gasteiger partial charge is 0.251 e. The Morgan fingerprint density at radius 2 is 1.93 bits per heavy atom. The highest BCUT2D eigenvalue weighted by molar-refractivity contribution is 6.02. The number of carbonyl (C=O) groups excluding carboxylic acids is 1. The van der Waals surface area contributed by atoms with Crippen LogP contribution in [-0.4, -0.2) is 10.5 Å². The summed E-state index contributed by atoms with van der Waals surface area (Å²) in [4.78, 5) is 12.6. The molecule has 0 fully saturated rings. The molecule has 2 aromatic carbocycles. The number of aryl methyl sites for hydroxylation is 1. The maximum Gasteiger partial charge on any atom is 0.251 e. The fourth-order valence-corrected chi connectivity index (χ4v) is 4.91. The lowest BCUT2D eigenvalue weighted by Crippen LogP contribution is -2.15. The van der Waals surface area contributed by atoms with Gasteiger partial charge >= 0.3 is 0 Å². The molecule has 3 aromatic rings. The SMILES string of the molecule is CCCCc1c(-c2ccc(C#N)cc2)c(C(N)=O)c(C)n1C1CCc2ccccc21. The zero-order valence-corrected chi connectivity index (χ0v) is 17.6. The van der Waals surface area contributed by atoms with Gasteiger partial charge in [-0.3, -0.25) is 4.79 Å². The summed E-state index contributed by atoms with van der Waals surface area (Å²) >= 11 is 0. The van der Waals surface area contributed by atoms with Gasteiger partial charge in [-0.2, -0.15) is 5.26 Å². The van der Waals surface area contributed by atoms with Gasteiger partial charge in [0.05, 0.1) is 23.2 Å². The van der Waals surface area contributed by atoms with Crippen molar-refractivity contribution in [1.29, 1.82) is 5.26 Å². The van der Waals surface area contributed by atoms with E-state index in [0.717, 1.165) is 48.9 Å². The first-order valence-corrected chi connectivity index (χ1v) is 10.7. The van der Waals surface area contributed by atoms with Gasteiger partial charge in [0.15, 0.2) is 0 Å². The molecule has 0 saturated carbocycles. The fraction of sp³-hybridized carbons (Fsp3) is 0.308. The van der Waals surface area contributed by atoms with Gasteiger partial charge in [-0.1, -0.05) is 49.7 Å². The maximum atomic E-state index is 12.6. The molecule has 0 aliphatic heterocycles. The number of nitrogens with zero attached hydrogens (tertiary/aromatic N) is 2. The minimum Gasteiger partial charge on any atom is -0.366 e. The van der Waals surface area contributed by atoms with E-state index in [1.807, 2.05) is 19.1 Å². The van der Waals surface area contributed by atoms with Gasteiger partial charge < -0.3 is 10.3 Å². The van der Waals surface area contributed by atoms with E-state index < -0.39 is 5.91 Å². The average Bonchev–Trinajstić information content (AvgIpc) is 3.30. The van der Waals surface area contributed by atoms with Gasteiger partial charge in [-0.15, -0.1) is 0 Å². The molecule has 1 aliphatic rings. The van der Waals surface area contributed by atoms with Gasteiger partial charge in [0.1, 0.15) is 0 Å². The van der Waals surface area contributed by atoms with Crippen molar-refractivity contribution in [2.75, 3.05) is 0 Å². The molecular formula is C26H27N3O. The minimum absolute atomic E-state index is 0.221. The number of primary amides is 1. The molecule has 1 amide bonds. The van der Waals surface area contributed by atoms with Crippen LogP contribution in [0.5, 0.6) is 0 Å². The normalized spacial score (nSPS) is 15.0. The van der Waals surface area contributed by atoms with E-state index in [0.29, 0.717) is 11.1 Å². The Balaban J connectivity index is 1.96. The molecule has 1 atom stereocenters. The fourth-order valence-electron chi connectivity index (χ4n) is 4.91. The number of amides is 1. The first-order valence-electron chi connectivity index (χ1n) is 10.7. The first-order chi connectivity index (χ1) is 14.6. The van der Waals surface area contributed by atoms with Crippen LogP contribution in [0, 0.1) is 18.3 Å².